The fourth-order valence-electron chi connectivity index (χ4n) is 6.93. The summed E-state index contributed by atoms with van der Waals surface area (Å²) in [6, 6.07) is 9.54. The molecule has 0 saturated carbocycles. The van der Waals surface area contributed by atoms with Gasteiger partial charge in [-0.3, -0.25) is 14.4 Å². The van der Waals surface area contributed by atoms with Gasteiger partial charge in [0.1, 0.15) is 11.4 Å². The van der Waals surface area contributed by atoms with E-state index in [9.17, 15) is 14.4 Å². The van der Waals surface area contributed by atoms with Crippen LogP contribution in [-0.2, 0) is 9.59 Å². The van der Waals surface area contributed by atoms with E-state index in [4.69, 9.17) is 16.3 Å². The number of carbonyl (C=O) groups is 3. The SMILES string of the molecule is CCOc1nc(N(C)C)ccc1C(=O)N1CC2CN(CCCN(C(=O)C3CCN(C(C)=O)CC3)c3ccc(C)c(Cl)c3)CC2C1. The Labute approximate surface area is 272 Å². The van der Waals surface area contributed by atoms with Gasteiger partial charge in [-0.1, -0.05) is 17.7 Å². The molecule has 244 valence electrons. The van der Waals surface area contributed by atoms with Crippen molar-refractivity contribution in [2.24, 2.45) is 17.8 Å². The standard InChI is InChI=1S/C34H47ClN6O4/c1-6-45-32-29(10-11-31(36-32)37(4)5)34(44)40-21-26-19-38(20-27(26)22-40)14-7-15-41(28-9-8-23(2)30(35)18-28)33(43)25-12-16-39(17-13-25)24(3)42/h8-11,18,25-27H,6-7,12-17,19-22H2,1-5H3. The van der Waals surface area contributed by atoms with E-state index >= 15 is 0 Å². The zero-order chi connectivity index (χ0) is 32.2. The molecule has 4 heterocycles. The summed E-state index contributed by atoms with van der Waals surface area (Å²) in [4.78, 5) is 53.8. The lowest BCUT2D eigenvalue weighted by Gasteiger charge is -2.34. The number of anilines is 2. The minimum absolute atomic E-state index is 0.0164. The highest BCUT2D eigenvalue weighted by molar-refractivity contribution is 6.31. The molecular formula is C34H47ClN6O4. The number of nitrogens with zero attached hydrogens (tertiary/aromatic N) is 6. The quantitative estimate of drug-likeness (QED) is 0.386. The number of ether oxygens (including phenoxy) is 1. The minimum atomic E-state index is -0.104. The maximum absolute atomic E-state index is 13.8. The third-order valence-electron chi connectivity index (χ3n) is 9.54. The van der Waals surface area contributed by atoms with Gasteiger partial charge in [0.15, 0.2) is 0 Å². The summed E-state index contributed by atoms with van der Waals surface area (Å²) >= 11 is 6.48. The predicted molar refractivity (Wildman–Crippen MR) is 177 cm³/mol. The average Bonchev–Trinajstić information content (AvgIpc) is 3.59. The van der Waals surface area contributed by atoms with Crippen molar-refractivity contribution in [1.29, 1.82) is 0 Å². The van der Waals surface area contributed by atoms with E-state index in [1.165, 1.54) is 0 Å². The molecule has 45 heavy (non-hydrogen) atoms. The summed E-state index contributed by atoms with van der Waals surface area (Å²) in [5.41, 5.74) is 2.33. The molecule has 1 aromatic heterocycles. The Kier molecular flexibility index (Phi) is 10.5. The van der Waals surface area contributed by atoms with Crippen LogP contribution in [-0.4, -0.2) is 110 Å². The highest BCUT2D eigenvalue weighted by Gasteiger charge is 2.42. The van der Waals surface area contributed by atoms with Crippen LogP contribution in [0.1, 0.15) is 49.0 Å². The maximum atomic E-state index is 13.8. The number of benzene rings is 1. The second-order valence-electron chi connectivity index (χ2n) is 12.9. The Morgan fingerprint density at radius 1 is 1.00 bits per heavy atom. The van der Waals surface area contributed by atoms with Gasteiger partial charge >= 0.3 is 0 Å². The summed E-state index contributed by atoms with van der Waals surface area (Å²) < 4.78 is 5.75. The molecule has 3 saturated heterocycles. The molecular weight excluding hydrogens is 592 g/mol. The van der Waals surface area contributed by atoms with Crippen molar-refractivity contribution in [3.8, 4) is 5.88 Å². The van der Waals surface area contributed by atoms with Gasteiger partial charge in [-0.2, -0.15) is 4.98 Å². The van der Waals surface area contributed by atoms with Crippen LogP contribution in [0.4, 0.5) is 11.5 Å². The summed E-state index contributed by atoms with van der Waals surface area (Å²) in [5, 5.41) is 0.654. The number of amides is 3. The molecule has 0 aliphatic carbocycles. The fourth-order valence-corrected chi connectivity index (χ4v) is 7.10. The van der Waals surface area contributed by atoms with Crippen LogP contribution < -0.4 is 14.5 Å². The van der Waals surface area contributed by atoms with Crippen LogP contribution in [0.5, 0.6) is 5.88 Å². The number of carbonyl (C=O) groups excluding carboxylic acids is 3. The van der Waals surface area contributed by atoms with Crippen molar-refractivity contribution >= 4 is 40.8 Å². The Bertz CT molecular complexity index is 1380. The molecule has 3 amide bonds. The number of likely N-dealkylation sites (tertiary alicyclic amines) is 3. The van der Waals surface area contributed by atoms with E-state index in [1.807, 2.05) is 77.9 Å². The van der Waals surface area contributed by atoms with Crippen molar-refractivity contribution in [3.05, 3.63) is 46.5 Å². The van der Waals surface area contributed by atoms with Crippen LogP contribution >= 0.6 is 11.6 Å². The first kappa shape index (κ1) is 33.0. The third-order valence-corrected chi connectivity index (χ3v) is 9.95. The molecule has 2 aromatic rings. The number of halogens is 1. The van der Waals surface area contributed by atoms with Gasteiger partial charge in [-0.05, 0) is 81.3 Å². The van der Waals surface area contributed by atoms with Crippen molar-refractivity contribution in [3.63, 3.8) is 0 Å². The minimum Gasteiger partial charge on any atom is -0.477 e. The first-order valence-electron chi connectivity index (χ1n) is 16.2. The number of fused-ring (bicyclic) bond motifs is 1. The van der Waals surface area contributed by atoms with Crippen molar-refractivity contribution < 1.29 is 19.1 Å². The molecule has 2 unspecified atom stereocenters. The molecule has 0 spiro atoms. The van der Waals surface area contributed by atoms with E-state index in [0.29, 0.717) is 67.4 Å². The molecule has 3 aliphatic heterocycles. The van der Waals surface area contributed by atoms with Crippen molar-refractivity contribution in [1.82, 2.24) is 19.7 Å². The predicted octanol–water partition coefficient (Wildman–Crippen LogP) is 4.19. The molecule has 0 bridgehead atoms. The Hall–Kier alpha value is -3.37. The number of piperidine rings is 1. The van der Waals surface area contributed by atoms with Gasteiger partial charge in [0.05, 0.1) is 6.61 Å². The van der Waals surface area contributed by atoms with E-state index in [2.05, 4.69) is 9.88 Å². The first-order chi connectivity index (χ1) is 21.5. The monoisotopic (exact) mass is 638 g/mol. The first-order valence-corrected chi connectivity index (χ1v) is 16.6. The number of aromatic nitrogens is 1. The van der Waals surface area contributed by atoms with Crippen LogP contribution in [0.15, 0.2) is 30.3 Å². The Balaban J connectivity index is 1.17. The molecule has 0 radical (unpaired) electrons. The van der Waals surface area contributed by atoms with Crippen LogP contribution in [0.3, 0.4) is 0 Å². The van der Waals surface area contributed by atoms with Gasteiger partial charge in [-0.25, -0.2) is 0 Å². The lowest BCUT2D eigenvalue weighted by molar-refractivity contribution is -0.133. The summed E-state index contributed by atoms with van der Waals surface area (Å²) in [7, 11) is 3.84. The van der Waals surface area contributed by atoms with Gasteiger partial charge < -0.3 is 29.2 Å². The van der Waals surface area contributed by atoms with Crippen molar-refractivity contribution in [2.75, 3.05) is 82.9 Å². The lowest BCUT2D eigenvalue weighted by atomic mass is 9.94. The molecule has 11 heteroatoms. The smallest absolute Gasteiger partial charge is 0.259 e. The van der Waals surface area contributed by atoms with E-state index in [0.717, 1.165) is 56.2 Å². The Morgan fingerprint density at radius 2 is 1.69 bits per heavy atom. The average molecular weight is 639 g/mol. The normalized spacial score (nSPS) is 20.3. The zero-order valence-electron chi connectivity index (χ0n) is 27.3. The molecule has 0 N–H and O–H groups in total. The fraction of sp³-hybridized carbons (Fsp3) is 0.588. The topological polar surface area (TPSA) is 89.5 Å². The molecule has 3 aliphatic rings. The highest BCUT2D eigenvalue weighted by Crippen LogP contribution is 2.34. The van der Waals surface area contributed by atoms with E-state index < -0.39 is 0 Å². The second kappa shape index (κ2) is 14.4. The molecule has 2 atom stereocenters. The summed E-state index contributed by atoms with van der Waals surface area (Å²) in [5.74, 6) is 2.07. The largest absolute Gasteiger partial charge is 0.477 e. The van der Waals surface area contributed by atoms with Gasteiger partial charge in [0.2, 0.25) is 17.7 Å². The number of rotatable bonds is 10. The van der Waals surface area contributed by atoms with Crippen LogP contribution in [0, 0.1) is 24.7 Å². The number of hydrogen-bond donors (Lipinski definition) is 0. The maximum Gasteiger partial charge on any atom is 0.259 e. The van der Waals surface area contributed by atoms with Crippen molar-refractivity contribution in [2.45, 2.75) is 40.0 Å². The number of aryl methyl sites for hydroxylation is 1. The van der Waals surface area contributed by atoms with E-state index in [-0.39, 0.29) is 23.6 Å². The second-order valence-corrected chi connectivity index (χ2v) is 13.3. The lowest BCUT2D eigenvalue weighted by Crippen LogP contribution is -2.44. The number of pyridine rings is 1. The van der Waals surface area contributed by atoms with E-state index in [1.54, 1.807) is 6.92 Å². The molecule has 10 nitrogen and oxygen atoms in total. The Morgan fingerprint density at radius 3 is 2.29 bits per heavy atom. The van der Waals surface area contributed by atoms with Crippen LogP contribution in [0.2, 0.25) is 5.02 Å². The zero-order valence-corrected chi connectivity index (χ0v) is 28.1. The number of hydrogen-bond acceptors (Lipinski definition) is 7. The van der Waals surface area contributed by atoms with Gasteiger partial charge in [-0.15, -0.1) is 0 Å². The van der Waals surface area contributed by atoms with Gasteiger partial charge in [0, 0.05) is 83.5 Å². The molecule has 3 fully saturated rings. The summed E-state index contributed by atoms with van der Waals surface area (Å²) in [6.45, 7) is 12.0. The molecule has 1 aromatic carbocycles. The third kappa shape index (κ3) is 7.55. The summed E-state index contributed by atoms with van der Waals surface area (Å²) in [6.07, 6.45) is 2.20. The molecule has 5 rings (SSSR count). The van der Waals surface area contributed by atoms with Gasteiger partial charge in [0.25, 0.3) is 5.91 Å². The van der Waals surface area contributed by atoms with Crippen LogP contribution in [0.25, 0.3) is 0 Å². The highest BCUT2D eigenvalue weighted by atomic mass is 35.5.